The normalized spacial score (nSPS) is 11.9. The van der Waals surface area contributed by atoms with Crippen molar-refractivity contribution >= 4 is 5.91 Å². The van der Waals surface area contributed by atoms with E-state index in [1.165, 1.54) is 0 Å². The van der Waals surface area contributed by atoms with E-state index in [4.69, 9.17) is 4.74 Å². The highest BCUT2D eigenvalue weighted by molar-refractivity contribution is 5.90. The van der Waals surface area contributed by atoms with Gasteiger partial charge < -0.3 is 10.1 Å². The van der Waals surface area contributed by atoms with Crippen LogP contribution in [-0.2, 0) is 10.2 Å². The minimum absolute atomic E-state index is 0.139. The van der Waals surface area contributed by atoms with Crippen molar-refractivity contribution in [3.05, 3.63) is 11.6 Å². The quantitative estimate of drug-likeness (QED) is 0.750. The first kappa shape index (κ1) is 16.6. The van der Waals surface area contributed by atoms with Crippen LogP contribution < -0.4 is 5.32 Å². The molecule has 1 amide bonds. The van der Waals surface area contributed by atoms with E-state index < -0.39 is 0 Å². The second kappa shape index (κ2) is 7.38. The minimum atomic E-state index is -0.235. The molecule has 1 heterocycles. The van der Waals surface area contributed by atoms with Gasteiger partial charge in [-0.1, -0.05) is 20.8 Å². The van der Waals surface area contributed by atoms with Crippen LogP contribution in [0.1, 0.15) is 63.9 Å². The lowest BCUT2D eigenvalue weighted by atomic mass is 9.96. The summed E-state index contributed by atoms with van der Waals surface area (Å²) < 4.78 is 5.43. The maximum absolute atomic E-state index is 11.8. The van der Waals surface area contributed by atoms with Gasteiger partial charge in [-0.15, -0.1) is 5.10 Å². The molecule has 6 heteroatoms. The Balaban J connectivity index is 2.28. The van der Waals surface area contributed by atoms with Crippen LogP contribution in [0.5, 0.6) is 0 Å². The second-order valence-corrected chi connectivity index (χ2v) is 6.14. The highest BCUT2D eigenvalue weighted by Crippen LogP contribution is 2.17. The molecule has 6 nitrogen and oxygen atoms in total. The SMILES string of the molecule is CC(C)OCCCCNC(=O)c1n[nH]c(C(C)(C)C)n1. The first-order valence-corrected chi connectivity index (χ1v) is 7.13. The number of unbranched alkanes of at least 4 members (excludes halogenated alkanes) is 1. The fraction of sp³-hybridized carbons (Fsp3) is 0.786. The van der Waals surface area contributed by atoms with Crippen molar-refractivity contribution in [2.24, 2.45) is 0 Å². The third kappa shape index (κ3) is 5.69. The molecule has 0 unspecified atom stereocenters. The first-order valence-electron chi connectivity index (χ1n) is 7.13. The summed E-state index contributed by atoms with van der Waals surface area (Å²) >= 11 is 0. The topological polar surface area (TPSA) is 79.9 Å². The zero-order chi connectivity index (χ0) is 15.2. The average Bonchev–Trinajstić information content (AvgIpc) is 2.82. The number of H-pyrrole nitrogens is 1. The maximum atomic E-state index is 11.8. The van der Waals surface area contributed by atoms with Crippen molar-refractivity contribution in [1.29, 1.82) is 0 Å². The van der Waals surface area contributed by atoms with E-state index in [0.29, 0.717) is 12.4 Å². The highest BCUT2D eigenvalue weighted by atomic mass is 16.5. The van der Waals surface area contributed by atoms with Gasteiger partial charge in [0.15, 0.2) is 0 Å². The molecule has 0 aliphatic carbocycles. The summed E-state index contributed by atoms with van der Waals surface area (Å²) in [6.45, 7) is 11.4. The Morgan fingerprint density at radius 1 is 1.35 bits per heavy atom. The van der Waals surface area contributed by atoms with E-state index in [1.807, 2.05) is 34.6 Å². The summed E-state index contributed by atoms with van der Waals surface area (Å²) in [6, 6.07) is 0. The molecule has 0 radical (unpaired) electrons. The van der Waals surface area contributed by atoms with E-state index in [0.717, 1.165) is 19.4 Å². The molecule has 0 saturated heterocycles. The molecule has 0 fully saturated rings. The summed E-state index contributed by atoms with van der Waals surface area (Å²) in [7, 11) is 0. The largest absolute Gasteiger partial charge is 0.379 e. The summed E-state index contributed by atoms with van der Waals surface area (Å²) in [5, 5.41) is 9.57. The lowest BCUT2D eigenvalue weighted by Gasteiger charge is -2.12. The van der Waals surface area contributed by atoms with Gasteiger partial charge in [-0.25, -0.2) is 4.98 Å². The van der Waals surface area contributed by atoms with Gasteiger partial charge in [-0.3, -0.25) is 9.89 Å². The number of aromatic amines is 1. The standard InChI is InChI=1S/C14H26N4O2/c1-10(2)20-9-7-6-8-15-12(19)11-16-13(18-17-11)14(3,4)5/h10H,6-9H2,1-5H3,(H,15,19)(H,16,17,18). The predicted molar refractivity (Wildman–Crippen MR) is 77.7 cm³/mol. The molecular formula is C14H26N4O2. The first-order chi connectivity index (χ1) is 9.30. The monoisotopic (exact) mass is 282 g/mol. The Bertz CT molecular complexity index is 421. The van der Waals surface area contributed by atoms with Crippen molar-refractivity contribution in [2.45, 2.75) is 59.0 Å². The molecule has 0 spiro atoms. The number of amides is 1. The smallest absolute Gasteiger partial charge is 0.290 e. The second-order valence-electron chi connectivity index (χ2n) is 6.14. The van der Waals surface area contributed by atoms with Gasteiger partial charge in [0.05, 0.1) is 6.10 Å². The number of aromatic nitrogens is 3. The van der Waals surface area contributed by atoms with E-state index in [9.17, 15) is 4.79 Å². The zero-order valence-corrected chi connectivity index (χ0v) is 13.1. The molecule has 0 atom stereocenters. The summed E-state index contributed by atoms with van der Waals surface area (Å²) in [5.74, 6) is 0.683. The Morgan fingerprint density at radius 2 is 2.05 bits per heavy atom. The molecule has 0 saturated carbocycles. The van der Waals surface area contributed by atoms with Gasteiger partial charge in [0, 0.05) is 18.6 Å². The average molecular weight is 282 g/mol. The zero-order valence-electron chi connectivity index (χ0n) is 13.1. The van der Waals surface area contributed by atoms with Crippen molar-refractivity contribution in [3.63, 3.8) is 0 Å². The molecule has 0 aliphatic rings. The summed E-state index contributed by atoms with van der Waals surface area (Å²) in [5.41, 5.74) is -0.139. The Kier molecular flexibility index (Phi) is 6.13. The van der Waals surface area contributed by atoms with Crippen LogP contribution in [0, 0.1) is 0 Å². The number of nitrogens with zero attached hydrogens (tertiary/aromatic N) is 2. The number of carbonyl (C=O) groups is 1. The third-order valence-corrected chi connectivity index (χ3v) is 2.71. The fourth-order valence-corrected chi connectivity index (χ4v) is 1.53. The Labute approximate surface area is 120 Å². The lowest BCUT2D eigenvalue weighted by Crippen LogP contribution is -2.26. The number of hydrogen-bond donors (Lipinski definition) is 2. The molecule has 2 N–H and O–H groups in total. The van der Waals surface area contributed by atoms with E-state index >= 15 is 0 Å². The van der Waals surface area contributed by atoms with Gasteiger partial charge in [0.2, 0.25) is 5.82 Å². The van der Waals surface area contributed by atoms with Gasteiger partial charge in [-0.05, 0) is 26.7 Å². The van der Waals surface area contributed by atoms with Crippen LogP contribution in [0.2, 0.25) is 0 Å². The molecular weight excluding hydrogens is 256 g/mol. The molecule has 0 bridgehead atoms. The molecule has 20 heavy (non-hydrogen) atoms. The van der Waals surface area contributed by atoms with E-state index in [1.54, 1.807) is 0 Å². The summed E-state index contributed by atoms with van der Waals surface area (Å²) in [4.78, 5) is 16.1. The van der Waals surface area contributed by atoms with Crippen LogP contribution in [0.3, 0.4) is 0 Å². The number of hydrogen-bond acceptors (Lipinski definition) is 4. The van der Waals surface area contributed by atoms with Crippen molar-refractivity contribution < 1.29 is 9.53 Å². The number of nitrogens with one attached hydrogen (secondary N) is 2. The van der Waals surface area contributed by atoms with Gasteiger partial charge in [0.1, 0.15) is 5.82 Å². The number of carbonyl (C=O) groups excluding carboxylic acids is 1. The molecule has 0 aromatic carbocycles. The van der Waals surface area contributed by atoms with Crippen LogP contribution >= 0.6 is 0 Å². The molecule has 0 aliphatic heterocycles. The van der Waals surface area contributed by atoms with E-state index in [-0.39, 0.29) is 23.3 Å². The van der Waals surface area contributed by atoms with Gasteiger partial charge in [-0.2, -0.15) is 0 Å². The van der Waals surface area contributed by atoms with Crippen molar-refractivity contribution in [1.82, 2.24) is 20.5 Å². The van der Waals surface area contributed by atoms with Gasteiger partial charge >= 0.3 is 0 Å². The van der Waals surface area contributed by atoms with Gasteiger partial charge in [0.25, 0.3) is 5.91 Å². The van der Waals surface area contributed by atoms with Crippen molar-refractivity contribution in [3.8, 4) is 0 Å². The van der Waals surface area contributed by atoms with Crippen LogP contribution in [0.15, 0.2) is 0 Å². The highest BCUT2D eigenvalue weighted by Gasteiger charge is 2.20. The molecule has 1 aromatic rings. The molecule has 114 valence electrons. The predicted octanol–water partition coefficient (Wildman–Crippen LogP) is 2.04. The van der Waals surface area contributed by atoms with Crippen molar-refractivity contribution in [2.75, 3.05) is 13.2 Å². The van der Waals surface area contributed by atoms with Crippen LogP contribution in [-0.4, -0.2) is 40.3 Å². The Morgan fingerprint density at radius 3 is 2.60 bits per heavy atom. The van der Waals surface area contributed by atoms with E-state index in [2.05, 4.69) is 20.5 Å². The minimum Gasteiger partial charge on any atom is -0.379 e. The third-order valence-electron chi connectivity index (χ3n) is 2.71. The number of ether oxygens (including phenoxy) is 1. The maximum Gasteiger partial charge on any atom is 0.290 e. The van der Waals surface area contributed by atoms with Crippen LogP contribution in [0.4, 0.5) is 0 Å². The molecule has 1 rings (SSSR count). The number of rotatable bonds is 7. The van der Waals surface area contributed by atoms with Crippen LogP contribution in [0.25, 0.3) is 0 Å². The fourth-order valence-electron chi connectivity index (χ4n) is 1.53. The Hall–Kier alpha value is -1.43. The lowest BCUT2D eigenvalue weighted by molar-refractivity contribution is 0.0754. The molecule has 1 aromatic heterocycles. The summed E-state index contributed by atoms with van der Waals surface area (Å²) in [6.07, 6.45) is 2.07.